The summed E-state index contributed by atoms with van der Waals surface area (Å²) in [6.07, 6.45) is 2.49. The summed E-state index contributed by atoms with van der Waals surface area (Å²) in [6, 6.07) is 3.51. The highest BCUT2D eigenvalue weighted by atomic mass is 19.1. The van der Waals surface area contributed by atoms with Gasteiger partial charge in [-0.2, -0.15) is 9.37 Å². The third-order valence-corrected chi connectivity index (χ3v) is 1.88. The Kier molecular flexibility index (Phi) is 2.62. The maximum atomic E-state index is 12.8. The fraction of sp³-hybridized carbons (Fsp3) is 0.200. The van der Waals surface area contributed by atoms with Gasteiger partial charge in [-0.3, -0.25) is 0 Å². The number of nitrogens with one attached hydrogen (secondary N) is 1. The van der Waals surface area contributed by atoms with Crippen LogP contribution in [0.3, 0.4) is 0 Å². The number of halogens is 1. The molecule has 78 valence electrons. The van der Waals surface area contributed by atoms with Gasteiger partial charge in [-0.1, -0.05) is 0 Å². The van der Waals surface area contributed by atoms with Gasteiger partial charge in [0.2, 0.25) is 0 Å². The Labute approximate surface area is 86.2 Å². The molecule has 2 rings (SSSR count). The van der Waals surface area contributed by atoms with Crippen molar-refractivity contribution in [2.24, 2.45) is 0 Å². The Balaban J connectivity index is 2.05. The molecule has 15 heavy (non-hydrogen) atoms. The van der Waals surface area contributed by atoms with Gasteiger partial charge in [-0.15, -0.1) is 0 Å². The highest BCUT2D eigenvalue weighted by Gasteiger charge is 2.01. The molecule has 0 amide bonds. The minimum Gasteiger partial charge on any atom is -0.472 e. The molecule has 0 spiro atoms. The van der Waals surface area contributed by atoms with E-state index in [2.05, 4.69) is 15.3 Å². The van der Waals surface area contributed by atoms with Crippen molar-refractivity contribution in [1.29, 1.82) is 0 Å². The Hall–Kier alpha value is -1.91. The van der Waals surface area contributed by atoms with Crippen molar-refractivity contribution in [3.8, 4) is 0 Å². The van der Waals surface area contributed by atoms with Crippen LogP contribution < -0.4 is 5.32 Å². The molecule has 2 aromatic rings. The normalized spacial score (nSPS) is 10.3. The van der Waals surface area contributed by atoms with E-state index in [0.717, 1.165) is 5.56 Å². The number of anilines is 1. The van der Waals surface area contributed by atoms with E-state index >= 15 is 0 Å². The minimum absolute atomic E-state index is 0.473. The molecule has 0 aromatic carbocycles. The van der Waals surface area contributed by atoms with E-state index in [1.807, 2.05) is 6.07 Å². The van der Waals surface area contributed by atoms with E-state index in [-0.39, 0.29) is 0 Å². The zero-order chi connectivity index (χ0) is 10.7. The van der Waals surface area contributed by atoms with Crippen molar-refractivity contribution in [3.63, 3.8) is 0 Å². The van der Waals surface area contributed by atoms with Gasteiger partial charge in [-0.25, -0.2) is 4.98 Å². The molecular weight excluding hydrogens is 197 g/mol. The summed E-state index contributed by atoms with van der Waals surface area (Å²) in [7, 11) is 0. The van der Waals surface area contributed by atoms with E-state index in [1.165, 1.54) is 0 Å². The predicted octanol–water partition coefficient (Wildman–Crippen LogP) is 2.13. The molecule has 0 atom stereocenters. The van der Waals surface area contributed by atoms with Crippen molar-refractivity contribution in [1.82, 2.24) is 9.97 Å². The van der Waals surface area contributed by atoms with Crippen LogP contribution in [0.15, 0.2) is 29.1 Å². The fourth-order valence-electron chi connectivity index (χ4n) is 1.21. The predicted molar refractivity (Wildman–Crippen MR) is 52.8 cm³/mol. The first-order valence-electron chi connectivity index (χ1n) is 4.50. The smallest absolute Gasteiger partial charge is 0.310 e. The lowest BCUT2D eigenvalue weighted by atomic mass is 10.3. The molecular formula is C10H10FN3O. The van der Waals surface area contributed by atoms with Crippen LogP contribution in [0.1, 0.15) is 11.3 Å². The second kappa shape index (κ2) is 4.08. The number of hydrogen-bond donors (Lipinski definition) is 1. The summed E-state index contributed by atoms with van der Waals surface area (Å²) >= 11 is 0. The van der Waals surface area contributed by atoms with E-state index < -0.39 is 6.08 Å². The molecule has 0 aliphatic rings. The molecule has 2 aromatic heterocycles. The van der Waals surface area contributed by atoms with Crippen LogP contribution in [0.5, 0.6) is 0 Å². The largest absolute Gasteiger partial charge is 0.472 e. The van der Waals surface area contributed by atoms with Gasteiger partial charge < -0.3 is 9.73 Å². The lowest BCUT2D eigenvalue weighted by Gasteiger charge is -2.03. The number of aromatic nitrogens is 2. The molecule has 4 nitrogen and oxygen atoms in total. The van der Waals surface area contributed by atoms with Gasteiger partial charge in [0, 0.05) is 23.9 Å². The van der Waals surface area contributed by atoms with Crippen LogP contribution in [-0.4, -0.2) is 9.97 Å². The molecule has 2 heterocycles. The number of furan rings is 1. The second-order valence-electron chi connectivity index (χ2n) is 3.15. The zero-order valence-electron chi connectivity index (χ0n) is 8.20. The standard InChI is InChI=1S/C10H10FN3O/c1-7-4-9(14-10(11)13-7)12-5-8-2-3-15-6-8/h2-4,6H,5H2,1H3,(H,12,13,14). The number of hydrogen-bond acceptors (Lipinski definition) is 4. The molecule has 0 saturated heterocycles. The van der Waals surface area contributed by atoms with Gasteiger partial charge in [0.25, 0.3) is 0 Å². The van der Waals surface area contributed by atoms with Gasteiger partial charge in [0.05, 0.1) is 12.5 Å². The first-order chi connectivity index (χ1) is 7.24. The number of aryl methyl sites for hydroxylation is 1. The molecule has 0 aliphatic carbocycles. The summed E-state index contributed by atoms with van der Waals surface area (Å²) in [5.74, 6) is 0.473. The van der Waals surface area contributed by atoms with E-state index in [9.17, 15) is 4.39 Å². The zero-order valence-corrected chi connectivity index (χ0v) is 8.20. The van der Waals surface area contributed by atoms with Crippen molar-refractivity contribution in [2.45, 2.75) is 13.5 Å². The molecule has 0 unspecified atom stereocenters. The minimum atomic E-state index is -0.718. The molecule has 0 bridgehead atoms. The van der Waals surface area contributed by atoms with Crippen molar-refractivity contribution < 1.29 is 8.81 Å². The molecule has 1 N–H and O–H groups in total. The lowest BCUT2D eigenvalue weighted by molar-refractivity contribution is 0.536. The topological polar surface area (TPSA) is 51.0 Å². The number of rotatable bonds is 3. The van der Waals surface area contributed by atoms with Crippen LogP contribution in [0.2, 0.25) is 0 Å². The molecule has 5 heteroatoms. The lowest BCUT2D eigenvalue weighted by Crippen LogP contribution is -2.03. The highest BCUT2D eigenvalue weighted by molar-refractivity contribution is 5.35. The van der Waals surface area contributed by atoms with Crippen molar-refractivity contribution in [2.75, 3.05) is 5.32 Å². The van der Waals surface area contributed by atoms with E-state index in [0.29, 0.717) is 18.1 Å². The van der Waals surface area contributed by atoms with Gasteiger partial charge in [-0.05, 0) is 13.0 Å². The molecule has 0 radical (unpaired) electrons. The first-order valence-corrected chi connectivity index (χ1v) is 4.50. The Morgan fingerprint density at radius 1 is 1.47 bits per heavy atom. The first kappa shape index (κ1) is 9.64. The summed E-state index contributed by atoms with van der Waals surface area (Å²) < 4.78 is 17.7. The quantitative estimate of drug-likeness (QED) is 0.783. The Morgan fingerprint density at radius 3 is 3.00 bits per heavy atom. The third kappa shape index (κ3) is 2.52. The summed E-state index contributed by atoms with van der Waals surface area (Å²) in [5, 5.41) is 2.98. The summed E-state index contributed by atoms with van der Waals surface area (Å²) in [4.78, 5) is 7.16. The van der Waals surface area contributed by atoms with Crippen LogP contribution >= 0.6 is 0 Å². The SMILES string of the molecule is Cc1cc(NCc2ccoc2)nc(F)n1. The van der Waals surface area contributed by atoms with Crippen molar-refractivity contribution >= 4 is 5.82 Å². The Morgan fingerprint density at radius 2 is 2.33 bits per heavy atom. The maximum absolute atomic E-state index is 12.8. The summed E-state index contributed by atoms with van der Waals surface area (Å²) in [5.41, 5.74) is 1.57. The number of nitrogens with zero attached hydrogens (tertiary/aromatic N) is 2. The fourth-order valence-corrected chi connectivity index (χ4v) is 1.21. The van der Waals surface area contributed by atoms with E-state index in [1.54, 1.807) is 25.5 Å². The van der Waals surface area contributed by atoms with Crippen LogP contribution in [0, 0.1) is 13.0 Å². The van der Waals surface area contributed by atoms with Crippen molar-refractivity contribution in [3.05, 3.63) is 42.0 Å². The van der Waals surface area contributed by atoms with Crippen LogP contribution in [0.4, 0.5) is 10.2 Å². The molecule has 0 aliphatic heterocycles. The third-order valence-electron chi connectivity index (χ3n) is 1.88. The molecule has 0 saturated carbocycles. The highest BCUT2D eigenvalue weighted by Crippen LogP contribution is 2.08. The second-order valence-corrected chi connectivity index (χ2v) is 3.15. The summed E-state index contributed by atoms with van der Waals surface area (Å²) in [6.45, 7) is 2.26. The maximum Gasteiger partial charge on any atom is 0.310 e. The monoisotopic (exact) mass is 207 g/mol. The van der Waals surface area contributed by atoms with Gasteiger partial charge >= 0.3 is 6.08 Å². The van der Waals surface area contributed by atoms with Gasteiger partial charge in [0.15, 0.2) is 0 Å². The van der Waals surface area contributed by atoms with E-state index in [4.69, 9.17) is 4.42 Å². The van der Waals surface area contributed by atoms with Crippen LogP contribution in [0.25, 0.3) is 0 Å². The molecule has 0 fully saturated rings. The average Bonchev–Trinajstić information content (AvgIpc) is 2.65. The van der Waals surface area contributed by atoms with Gasteiger partial charge in [0.1, 0.15) is 5.82 Å². The van der Waals surface area contributed by atoms with Crippen LogP contribution in [-0.2, 0) is 6.54 Å². The Bertz CT molecular complexity index is 422. The average molecular weight is 207 g/mol.